The van der Waals surface area contributed by atoms with Crippen molar-refractivity contribution in [2.75, 3.05) is 6.54 Å². The lowest BCUT2D eigenvalue weighted by Crippen LogP contribution is -2.42. The molecule has 0 bridgehead atoms. The van der Waals surface area contributed by atoms with Crippen LogP contribution < -0.4 is 11.5 Å². The first-order chi connectivity index (χ1) is 5.64. The fourth-order valence-corrected chi connectivity index (χ4v) is 1.12. The van der Waals surface area contributed by atoms with Gasteiger partial charge < -0.3 is 5.73 Å². The summed E-state index contributed by atoms with van der Waals surface area (Å²) < 4.78 is 0. The first-order valence-corrected chi connectivity index (χ1v) is 4.11. The van der Waals surface area contributed by atoms with E-state index in [4.69, 9.17) is 11.5 Å². The molecule has 1 aromatic rings. The van der Waals surface area contributed by atoms with Gasteiger partial charge in [0.25, 0.3) is 0 Å². The third-order valence-electron chi connectivity index (χ3n) is 1.85. The average Bonchev–Trinajstić information content (AvgIpc) is 2.06. The third-order valence-corrected chi connectivity index (χ3v) is 1.85. The number of hydrogen-bond acceptors (Lipinski definition) is 1. The van der Waals surface area contributed by atoms with Crippen molar-refractivity contribution in [3.63, 3.8) is 0 Å². The van der Waals surface area contributed by atoms with Crippen molar-refractivity contribution >= 4 is 0 Å². The topological polar surface area (TPSA) is 49.8 Å². The molecule has 1 aromatic carbocycles. The number of nitrogens with two attached hydrogens (primary N) is 1. The van der Waals surface area contributed by atoms with Crippen molar-refractivity contribution in [1.29, 1.82) is 0 Å². The molecular weight excluding hydrogens is 148 g/mol. The Morgan fingerprint density at radius 2 is 1.92 bits per heavy atom. The van der Waals surface area contributed by atoms with Gasteiger partial charge in [0.1, 0.15) is 0 Å². The molecule has 3 N–H and O–H groups in total. The van der Waals surface area contributed by atoms with Crippen LogP contribution in [0.3, 0.4) is 0 Å². The molecule has 0 aliphatic rings. The van der Waals surface area contributed by atoms with Gasteiger partial charge in [-0.25, -0.2) is 0 Å². The zero-order valence-electron chi connectivity index (χ0n) is 7.38. The summed E-state index contributed by atoms with van der Waals surface area (Å²) >= 11 is 0. The fourth-order valence-electron chi connectivity index (χ4n) is 1.12. The Morgan fingerprint density at radius 3 is 2.42 bits per heavy atom. The summed E-state index contributed by atoms with van der Waals surface area (Å²) in [5, 5.41) is 0. The largest absolute Gasteiger partial charge is 0.324 e. The number of hydrogen-bond donors (Lipinski definition) is 1. The van der Waals surface area contributed by atoms with Crippen molar-refractivity contribution in [3.8, 4) is 0 Å². The van der Waals surface area contributed by atoms with Gasteiger partial charge in [0.15, 0.2) is 0 Å². The molecule has 65 valence electrons. The van der Waals surface area contributed by atoms with Gasteiger partial charge in [0, 0.05) is 12.1 Å². The van der Waals surface area contributed by atoms with Gasteiger partial charge in [0.05, 0.1) is 0 Å². The van der Waals surface area contributed by atoms with E-state index in [-0.39, 0.29) is 12.1 Å². The maximum Gasteiger partial charge on any atom is 0.0307 e. The van der Waals surface area contributed by atoms with Crippen LogP contribution in [0.4, 0.5) is 0 Å². The molecule has 0 heterocycles. The summed E-state index contributed by atoms with van der Waals surface area (Å²) in [5.41, 5.74) is 13.9. The van der Waals surface area contributed by atoms with Gasteiger partial charge >= 0.3 is 0 Å². The highest BCUT2D eigenvalue weighted by Gasteiger charge is 2.16. The van der Waals surface area contributed by atoms with E-state index in [0.29, 0.717) is 0 Å². The molecule has 1 unspecified atom stereocenters. The van der Waals surface area contributed by atoms with Crippen molar-refractivity contribution in [2.45, 2.75) is 18.9 Å². The van der Waals surface area contributed by atoms with E-state index < -0.39 is 0 Å². The number of rotatable bonds is 3. The summed E-state index contributed by atoms with van der Waals surface area (Å²) in [5.74, 6) is 0. The van der Waals surface area contributed by atoms with E-state index in [1.54, 1.807) is 0 Å². The molecule has 0 aliphatic carbocycles. The molecule has 1 atom stereocenters. The maximum atomic E-state index is 7.23. The molecule has 0 saturated heterocycles. The van der Waals surface area contributed by atoms with E-state index in [0.717, 1.165) is 6.42 Å². The molecule has 0 aromatic heterocycles. The van der Waals surface area contributed by atoms with E-state index in [1.807, 2.05) is 37.3 Å². The Morgan fingerprint density at radius 1 is 1.33 bits per heavy atom. The van der Waals surface area contributed by atoms with Crippen molar-refractivity contribution < 1.29 is 0 Å². The minimum absolute atomic E-state index is 0.266. The monoisotopic (exact) mass is 163 g/mol. The summed E-state index contributed by atoms with van der Waals surface area (Å²) in [7, 11) is 0. The summed E-state index contributed by atoms with van der Waals surface area (Å²) in [6.45, 7) is 2.18. The van der Waals surface area contributed by atoms with Gasteiger partial charge in [-0.2, -0.15) is 0 Å². The molecule has 2 heteroatoms. The molecule has 0 aliphatic heterocycles. The molecule has 1 rings (SSSR count). The quantitative estimate of drug-likeness (QED) is 0.715. The highest BCUT2D eigenvalue weighted by molar-refractivity contribution is 5.17. The van der Waals surface area contributed by atoms with Gasteiger partial charge in [-0.1, -0.05) is 30.3 Å². The average molecular weight is 163 g/mol. The fraction of sp³-hybridized carbons (Fsp3) is 0.400. The lowest BCUT2D eigenvalue weighted by atomic mass is 9.94. The third kappa shape index (κ3) is 2.64. The Labute approximate surface area is 73.6 Å². The SMILES string of the molecule is CC(N)(C[NH])Cc1ccccc1. The molecule has 0 amide bonds. The molecular formula is C10H15N2. The number of nitrogens with one attached hydrogen (secondary N) is 1. The van der Waals surface area contributed by atoms with Crippen molar-refractivity contribution in [2.24, 2.45) is 5.73 Å². The highest BCUT2D eigenvalue weighted by atomic mass is 14.8. The van der Waals surface area contributed by atoms with Gasteiger partial charge in [-0.05, 0) is 18.9 Å². The van der Waals surface area contributed by atoms with Crippen LogP contribution in [0.5, 0.6) is 0 Å². The first kappa shape index (κ1) is 9.23. The zero-order chi connectivity index (χ0) is 9.03. The van der Waals surface area contributed by atoms with Crippen LogP contribution in [-0.4, -0.2) is 12.1 Å². The standard InChI is InChI=1S/C10H15N2/c1-10(12,8-11)7-9-5-3-2-4-6-9/h2-6,11H,7-8,12H2,1H3. The second-order valence-corrected chi connectivity index (χ2v) is 3.49. The lowest BCUT2D eigenvalue weighted by molar-refractivity contribution is 0.471. The Kier molecular flexibility index (Phi) is 2.84. The Bertz CT molecular complexity index is 229. The first-order valence-electron chi connectivity index (χ1n) is 4.11. The van der Waals surface area contributed by atoms with E-state index in [1.165, 1.54) is 5.56 Å². The molecule has 1 radical (unpaired) electrons. The van der Waals surface area contributed by atoms with Crippen molar-refractivity contribution in [1.82, 2.24) is 5.73 Å². The van der Waals surface area contributed by atoms with Gasteiger partial charge in [0.2, 0.25) is 0 Å². The van der Waals surface area contributed by atoms with E-state index in [2.05, 4.69) is 0 Å². The molecule has 0 saturated carbocycles. The highest BCUT2D eigenvalue weighted by Crippen LogP contribution is 2.08. The molecule has 0 fully saturated rings. The van der Waals surface area contributed by atoms with Crippen LogP contribution in [0.2, 0.25) is 0 Å². The van der Waals surface area contributed by atoms with Crippen LogP contribution in [0.15, 0.2) is 30.3 Å². The van der Waals surface area contributed by atoms with Crippen LogP contribution in [0, 0.1) is 0 Å². The predicted octanol–water partition coefficient (Wildman–Crippen LogP) is 1.23. The summed E-state index contributed by atoms with van der Waals surface area (Å²) in [4.78, 5) is 0. The second-order valence-electron chi connectivity index (χ2n) is 3.49. The van der Waals surface area contributed by atoms with Crippen LogP contribution in [-0.2, 0) is 6.42 Å². The predicted molar refractivity (Wildman–Crippen MR) is 50.7 cm³/mol. The van der Waals surface area contributed by atoms with Gasteiger partial charge in [-0.3, -0.25) is 5.73 Å². The van der Waals surface area contributed by atoms with Crippen LogP contribution >= 0.6 is 0 Å². The number of benzene rings is 1. The van der Waals surface area contributed by atoms with Crippen LogP contribution in [0.1, 0.15) is 12.5 Å². The molecule has 2 nitrogen and oxygen atoms in total. The maximum absolute atomic E-state index is 7.23. The Balaban J connectivity index is 2.64. The second kappa shape index (κ2) is 3.70. The Hall–Kier alpha value is -0.860. The molecule has 12 heavy (non-hydrogen) atoms. The summed E-state index contributed by atoms with van der Waals surface area (Å²) in [6, 6.07) is 10.1. The minimum Gasteiger partial charge on any atom is -0.324 e. The smallest absolute Gasteiger partial charge is 0.0307 e. The van der Waals surface area contributed by atoms with E-state index >= 15 is 0 Å². The minimum atomic E-state index is -0.388. The lowest BCUT2D eigenvalue weighted by Gasteiger charge is -2.21. The van der Waals surface area contributed by atoms with Crippen molar-refractivity contribution in [3.05, 3.63) is 35.9 Å². The normalized spacial score (nSPS) is 15.6. The van der Waals surface area contributed by atoms with E-state index in [9.17, 15) is 0 Å². The zero-order valence-corrected chi connectivity index (χ0v) is 7.38. The molecule has 0 spiro atoms. The summed E-state index contributed by atoms with van der Waals surface area (Å²) in [6.07, 6.45) is 0.775. The van der Waals surface area contributed by atoms with Crippen LogP contribution in [0.25, 0.3) is 0 Å². The van der Waals surface area contributed by atoms with Gasteiger partial charge in [-0.15, -0.1) is 0 Å².